The molecule has 2 aromatic rings. The number of rotatable bonds is 4. The molecule has 2 rings (SSSR count). The molecule has 0 saturated carbocycles. The number of carbonyl (C=O) groups is 1. The summed E-state index contributed by atoms with van der Waals surface area (Å²) in [6.45, 7) is 3.57. The van der Waals surface area contributed by atoms with Crippen molar-refractivity contribution in [2.45, 2.75) is 19.4 Å². The summed E-state index contributed by atoms with van der Waals surface area (Å²) < 4.78 is 13.3. The number of hydrogen-bond acceptors (Lipinski definition) is 3. The van der Waals surface area contributed by atoms with E-state index in [-0.39, 0.29) is 0 Å². The number of aromatic nitrogens is 1. The molecular weight excluding hydrogens is 257 g/mol. The molecule has 0 aliphatic heterocycles. The van der Waals surface area contributed by atoms with Gasteiger partial charge >= 0.3 is 0 Å². The maximum Gasteiger partial charge on any atom is 0.247 e. The van der Waals surface area contributed by atoms with Gasteiger partial charge in [-0.15, -0.1) is 0 Å². The van der Waals surface area contributed by atoms with Crippen LogP contribution in [-0.2, 0) is 10.3 Å². The highest BCUT2D eigenvalue weighted by atomic mass is 19.1. The number of pyridine rings is 1. The standard InChI is InChI=1S/C15H16FN3O/c1-10-3-5-13(6-4-10)19-15(2,14(17)20)11-7-12(16)9-18-8-11/h3-9,19H,1-2H3,(H2,17,20). The van der Waals surface area contributed by atoms with E-state index in [1.807, 2.05) is 31.2 Å². The normalized spacial score (nSPS) is 13.6. The van der Waals surface area contributed by atoms with Gasteiger partial charge in [0.15, 0.2) is 0 Å². The highest BCUT2D eigenvalue weighted by Gasteiger charge is 2.33. The van der Waals surface area contributed by atoms with E-state index in [0.29, 0.717) is 5.56 Å². The first-order valence-corrected chi connectivity index (χ1v) is 6.17. The van der Waals surface area contributed by atoms with Crippen LogP contribution in [0.2, 0.25) is 0 Å². The van der Waals surface area contributed by atoms with Gasteiger partial charge in [-0.25, -0.2) is 4.39 Å². The molecule has 3 N–H and O–H groups in total. The summed E-state index contributed by atoms with van der Waals surface area (Å²) in [7, 11) is 0. The summed E-state index contributed by atoms with van der Waals surface area (Å²) in [5.74, 6) is -1.12. The van der Waals surface area contributed by atoms with Crippen molar-refractivity contribution in [1.82, 2.24) is 4.98 Å². The Morgan fingerprint density at radius 1 is 1.30 bits per heavy atom. The molecule has 4 nitrogen and oxygen atoms in total. The van der Waals surface area contributed by atoms with Gasteiger partial charge in [-0.1, -0.05) is 17.7 Å². The van der Waals surface area contributed by atoms with E-state index in [2.05, 4.69) is 10.3 Å². The number of hydrogen-bond donors (Lipinski definition) is 2. The molecule has 0 bridgehead atoms. The van der Waals surface area contributed by atoms with Gasteiger partial charge in [0.05, 0.1) is 6.20 Å². The number of nitrogens with two attached hydrogens (primary N) is 1. The monoisotopic (exact) mass is 273 g/mol. The van der Waals surface area contributed by atoms with Crippen LogP contribution in [0.3, 0.4) is 0 Å². The molecule has 1 atom stereocenters. The van der Waals surface area contributed by atoms with E-state index >= 15 is 0 Å². The Morgan fingerprint density at radius 3 is 2.50 bits per heavy atom. The summed E-state index contributed by atoms with van der Waals surface area (Å²) in [5, 5.41) is 3.04. The Labute approximate surface area is 116 Å². The molecule has 1 amide bonds. The van der Waals surface area contributed by atoms with Crippen LogP contribution in [0.1, 0.15) is 18.1 Å². The number of nitrogens with one attached hydrogen (secondary N) is 1. The fourth-order valence-corrected chi connectivity index (χ4v) is 1.89. The van der Waals surface area contributed by atoms with Gasteiger partial charge < -0.3 is 11.1 Å². The zero-order valence-electron chi connectivity index (χ0n) is 11.4. The van der Waals surface area contributed by atoms with Crippen molar-refractivity contribution in [3.8, 4) is 0 Å². The Balaban J connectivity index is 2.39. The summed E-state index contributed by atoms with van der Waals surface area (Å²) in [5.41, 5.74) is 6.45. The molecule has 20 heavy (non-hydrogen) atoms. The van der Waals surface area contributed by atoms with Crippen molar-refractivity contribution in [3.63, 3.8) is 0 Å². The van der Waals surface area contributed by atoms with Gasteiger partial charge in [-0.3, -0.25) is 9.78 Å². The number of aryl methyl sites for hydroxylation is 1. The van der Waals surface area contributed by atoms with E-state index in [9.17, 15) is 9.18 Å². The fourth-order valence-electron chi connectivity index (χ4n) is 1.89. The van der Waals surface area contributed by atoms with Gasteiger partial charge in [0, 0.05) is 17.4 Å². The fraction of sp³-hybridized carbons (Fsp3) is 0.200. The molecule has 1 unspecified atom stereocenters. The van der Waals surface area contributed by atoms with E-state index in [4.69, 9.17) is 5.73 Å². The maximum absolute atomic E-state index is 13.3. The zero-order valence-corrected chi connectivity index (χ0v) is 11.4. The van der Waals surface area contributed by atoms with Crippen molar-refractivity contribution < 1.29 is 9.18 Å². The first-order valence-electron chi connectivity index (χ1n) is 6.17. The van der Waals surface area contributed by atoms with E-state index in [1.54, 1.807) is 6.92 Å². The average Bonchev–Trinajstić information content (AvgIpc) is 2.41. The van der Waals surface area contributed by atoms with E-state index in [0.717, 1.165) is 17.4 Å². The predicted octanol–water partition coefficient (Wildman–Crippen LogP) is 2.34. The average molecular weight is 273 g/mol. The topological polar surface area (TPSA) is 68.0 Å². The number of amides is 1. The Hall–Kier alpha value is -2.43. The number of carbonyl (C=O) groups excluding carboxylic acids is 1. The molecule has 104 valence electrons. The third kappa shape index (κ3) is 2.77. The number of primary amides is 1. The molecule has 1 aromatic heterocycles. The highest BCUT2D eigenvalue weighted by Crippen LogP contribution is 2.26. The smallest absolute Gasteiger partial charge is 0.247 e. The second kappa shape index (κ2) is 5.28. The molecule has 0 saturated heterocycles. The zero-order chi connectivity index (χ0) is 14.8. The van der Waals surface area contributed by atoms with Crippen LogP contribution >= 0.6 is 0 Å². The third-order valence-corrected chi connectivity index (χ3v) is 3.22. The predicted molar refractivity (Wildman–Crippen MR) is 75.5 cm³/mol. The van der Waals surface area contributed by atoms with Gasteiger partial charge in [0.25, 0.3) is 0 Å². The lowest BCUT2D eigenvalue weighted by molar-refractivity contribution is -0.122. The second-order valence-electron chi connectivity index (χ2n) is 4.87. The number of benzene rings is 1. The van der Waals surface area contributed by atoms with Crippen molar-refractivity contribution in [2.75, 3.05) is 5.32 Å². The highest BCUT2D eigenvalue weighted by molar-refractivity contribution is 5.88. The van der Waals surface area contributed by atoms with Crippen LogP contribution in [0.4, 0.5) is 10.1 Å². The summed E-state index contributed by atoms with van der Waals surface area (Å²) in [6, 6.07) is 8.74. The third-order valence-electron chi connectivity index (χ3n) is 3.22. The lowest BCUT2D eigenvalue weighted by Gasteiger charge is -2.29. The first kappa shape index (κ1) is 14.0. The lowest BCUT2D eigenvalue weighted by Crippen LogP contribution is -2.45. The molecular formula is C15H16FN3O. The van der Waals surface area contributed by atoms with Gasteiger partial charge in [0.2, 0.25) is 5.91 Å². The van der Waals surface area contributed by atoms with Crippen LogP contribution in [0.15, 0.2) is 42.7 Å². The van der Waals surface area contributed by atoms with Gasteiger partial charge in [0.1, 0.15) is 11.4 Å². The number of nitrogens with zero attached hydrogens (tertiary/aromatic N) is 1. The minimum absolute atomic E-state index is 0.380. The molecule has 5 heteroatoms. The summed E-state index contributed by atoms with van der Waals surface area (Å²) >= 11 is 0. The second-order valence-corrected chi connectivity index (χ2v) is 4.87. The van der Waals surface area contributed by atoms with E-state index < -0.39 is 17.3 Å². The lowest BCUT2D eigenvalue weighted by atomic mass is 9.92. The van der Waals surface area contributed by atoms with E-state index in [1.165, 1.54) is 12.3 Å². The van der Waals surface area contributed by atoms with Crippen LogP contribution in [0.25, 0.3) is 0 Å². The van der Waals surface area contributed by atoms with Crippen molar-refractivity contribution in [1.29, 1.82) is 0 Å². The van der Waals surface area contributed by atoms with Crippen LogP contribution in [0.5, 0.6) is 0 Å². The van der Waals surface area contributed by atoms with Crippen LogP contribution < -0.4 is 11.1 Å². The Kier molecular flexibility index (Phi) is 3.70. The van der Waals surface area contributed by atoms with Gasteiger partial charge in [-0.2, -0.15) is 0 Å². The minimum Gasteiger partial charge on any atom is -0.368 e. The first-order chi connectivity index (χ1) is 9.41. The Bertz CT molecular complexity index is 627. The van der Waals surface area contributed by atoms with Gasteiger partial charge in [-0.05, 0) is 32.0 Å². The van der Waals surface area contributed by atoms with Crippen molar-refractivity contribution in [3.05, 3.63) is 59.7 Å². The molecule has 0 spiro atoms. The Morgan fingerprint density at radius 2 is 1.95 bits per heavy atom. The minimum atomic E-state index is -1.23. The quantitative estimate of drug-likeness (QED) is 0.898. The summed E-state index contributed by atoms with van der Waals surface area (Å²) in [6.07, 6.45) is 2.51. The summed E-state index contributed by atoms with van der Waals surface area (Å²) in [4.78, 5) is 15.6. The molecule has 0 aliphatic rings. The largest absolute Gasteiger partial charge is 0.368 e. The number of halogens is 1. The SMILES string of the molecule is Cc1ccc(NC(C)(C(N)=O)c2cncc(F)c2)cc1. The van der Waals surface area contributed by atoms with Crippen LogP contribution in [-0.4, -0.2) is 10.9 Å². The molecule has 1 aromatic carbocycles. The molecule has 0 fully saturated rings. The molecule has 0 radical (unpaired) electrons. The number of anilines is 1. The maximum atomic E-state index is 13.3. The van der Waals surface area contributed by atoms with Crippen molar-refractivity contribution in [2.24, 2.45) is 5.73 Å². The molecule has 1 heterocycles. The molecule has 0 aliphatic carbocycles. The van der Waals surface area contributed by atoms with Crippen molar-refractivity contribution >= 4 is 11.6 Å². The van der Waals surface area contributed by atoms with Crippen LogP contribution in [0, 0.1) is 12.7 Å².